The molecule has 1 unspecified atom stereocenters. The molecule has 0 spiro atoms. The Hall–Kier alpha value is -5.11. The van der Waals surface area contributed by atoms with Gasteiger partial charge < -0.3 is 24.2 Å². The minimum absolute atomic E-state index is 0.108. The second kappa shape index (κ2) is 12.6. The average molecular weight is 565 g/mol. The second-order valence-corrected chi connectivity index (χ2v) is 9.92. The number of hydrogen-bond acceptors (Lipinski definition) is 6. The molecule has 1 N–H and O–H groups in total. The highest BCUT2D eigenvalue weighted by molar-refractivity contribution is 6.46. The van der Waals surface area contributed by atoms with Crippen LogP contribution in [0.2, 0.25) is 0 Å². The maximum absolute atomic E-state index is 14.0. The lowest BCUT2D eigenvalue weighted by Crippen LogP contribution is -2.29. The predicted octanol–water partition coefficient (Wildman–Crippen LogP) is 4.22. The summed E-state index contributed by atoms with van der Waals surface area (Å²) in [4.78, 5) is 31.4. The van der Waals surface area contributed by atoms with E-state index < -0.39 is 23.5 Å². The van der Waals surface area contributed by atoms with Crippen molar-refractivity contribution in [2.45, 2.75) is 33.0 Å². The molecular formula is C34H32N2O6. The summed E-state index contributed by atoms with van der Waals surface area (Å²) in [6, 6.07) is 22.8. The third-order valence-electron chi connectivity index (χ3n) is 7.13. The van der Waals surface area contributed by atoms with Crippen LogP contribution < -0.4 is 24.3 Å². The molecule has 0 radical (unpaired) electrons. The maximum Gasteiger partial charge on any atom is 0.295 e. The highest BCUT2D eigenvalue weighted by Crippen LogP contribution is 2.42. The number of benzene rings is 3. The zero-order valence-corrected chi connectivity index (χ0v) is 23.8. The molecule has 3 aromatic carbocycles. The van der Waals surface area contributed by atoms with Crippen molar-refractivity contribution in [3.63, 3.8) is 0 Å². The van der Waals surface area contributed by atoms with Crippen molar-refractivity contribution in [2.75, 3.05) is 13.7 Å². The fourth-order valence-electron chi connectivity index (χ4n) is 5.08. The number of ether oxygens (including phenoxy) is 3. The van der Waals surface area contributed by atoms with E-state index in [9.17, 15) is 14.7 Å². The van der Waals surface area contributed by atoms with Crippen LogP contribution in [0.25, 0.3) is 5.76 Å². The van der Waals surface area contributed by atoms with Crippen molar-refractivity contribution >= 4 is 17.4 Å². The number of aryl methyl sites for hydroxylation is 1. The molecule has 0 bridgehead atoms. The van der Waals surface area contributed by atoms with Crippen LogP contribution in [-0.2, 0) is 22.7 Å². The number of H-pyrrole nitrogens is 1. The van der Waals surface area contributed by atoms with Gasteiger partial charge in [-0.2, -0.15) is 0 Å². The number of rotatable bonds is 10. The lowest BCUT2D eigenvalue weighted by Gasteiger charge is -2.28. The quantitative estimate of drug-likeness (QED) is 0.162. The first-order chi connectivity index (χ1) is 20.4. The van der Waals surface area contributed by atoms with E-state index in [0.29, 0.717) is 41.6 Å². The molecule has 4 aromatic rings. The van der Waals surface area contributed by atoms with Crippen molar-refractivity contribution in [3.05, 3.63) is 125 Å². The van der Waals surface area contributed by atoms with Crippen molar-refractivity contribution in [1.29, 1.82) is 0 Å². The fourth-order valence-corrected chi connectivity index (χ4v) is 5.08. The molecule has 0 saturated carbocycles. The van der Waals surface area contributed by atoms with E-state index in [0.717, 1.165) is 16.7 Å². The highest BCUT2D eigenvalue weighted by Gasteiger charge is 2.44. The molecule has 1 saturated heterocycles. The number of nitrogens with one attached hydrogen (secondary N) is 1. The molecule has 214 valence electrons. The number of Topliss-reactive ketones (excluding diaryl/α,β-unsaturated/α-hetero) is 1. The van der Waals surface area contributed by atoms with Crippen LogP contribution in [-0.4, -0.2) is 30.3 Å². The average Bonchev–Trinajstić information content (AvgIpc) is 3.26. The van der Waals surface area contributed by atoms with Crippen LogP contribution in [0.5, 0.6) is 17.2 Å². The van der Waals surface area contributed by atoms with Crippen molar-refractivity contribution in [3.8, 4) is 17.2 Å². The maximum atomic E-state index is 14.0. The van der Waals surface area contributed by atoms with E-state index in [4.69, 9.17) is 14.2 Å². The number of likely N-dealkylation sites (tertiary alicyclic amines) is 1. The van der Waals surface area contributed by atoms with Crippen LogP contribution in [0.4, 0.5) is 0 Å². The van der Waals surface area contributed by atoms with E-state index in [2.05, 4.69) is 4.98 Å². The zero-order valence-electron chi connectivity index (χ0n) is 23.8. The summed E-state index contributed by atoms with van der Waals surface area (Å²) in [5.41, 5.74) is 3.30. The molecule has 1 amide bonds. The summed E-state index contributed by atoms with van der Waals surface area (Å²) < 4.78 is 17.2. The molecule has 1 fully saturated rings. The van der Waals surface area contributed by atoms with Crippen LogP contribution >= 0.6 is 0 Å². The number of amides is 1. The van der Waals surface area contributed by atoms with Crippen LogP contribution in [0, 0.1) is 6.92 Å². The first-order valence-corrected chi connectivity index (χ1v) is 13.7. The van der Waals surface area contributed by atoms with Crippen molar-refractivity contribution in [1.82, 2.24) is 4.90 Å². The van der Waals surface area contributed by atoms with Gasteiger partial charge >= 0.3 is 0 Å². The molecule has 1 aliphatic rings. The molecule has 2 heterocycles. The van der Waals surface area contributed by atoms with E-state index in [-0.39, 0.29) is 12.1 Å². The Labute approximate surface area is 244 Å². The molecule has 8 heteroatoms. The van der Waals surface area contributed by atoms with Gasteiger partial charge in [0.1, 0.15) is 12.4 Å². The molecule has 1 aromatic heterocycles. The van der Waals surface area contributed by atoms with E-state index >= 15 is 0 Å². The number of nitrogens with zero attached hydrogens (tertiary/aromatic N) is 1. The zero-order chi connectivity index (χ0) is 29.6. The van der Waals surface area contributed by atoms with Gasteiger partial charge in [-0.05, 0) is 66.4 Å². The summed E-state index contributed by atoms with van der Waals surface area (Å²) in [6.07, 6.45) is 3.51. The first kappa shape index (κ1) is 28.4. The van der Waals surface area contributed by atoms with E-state index in [1.807, 2.05) is 56.3 Å². The number of pyridine rings is 1. The number of hydrogen-bond donors (Lipinski definition) is 0. The number of aromatic nitrogens is 1. The predicted molar refractivity (Wildman–Crippen MR) is 154 cm³/mol. The number of carbonyl (C=O) groups is 2. The standard InChI is InChI=1S/C34H32N2O6/c1-4-41-28-15-12-25(18-29(28)40-3)31-30(33(38)34(39)36(31)20-24-11-8-16-35-19-24)32(37)26-13-14-27(22(2)17-26)42-21-23-9-6-5-7-10-23/h5-19,31,37H,4,20-21H2,1-3H3. The summed E-state index contributed by atoms with van der Waals surface area (Å²) in [5, 5.41) is 14.0. The molecular weight excluding hydrogens is 532 g/mol. The Morgan fingerprint density at radius 1 is 0.905 bits per heavy atom. The summed E-state index contributed by atoms with van der Waals surface area (Å²) in [5.74, 6) is -0.468. The van der Waals surface area contributed by atoms with Crippen molar-refractivity contribution in [2.24, 2.45) is 0 Å². The molecule has 1 aliphatic heterocycles. The van der Waals surface area contributed by atoms with Crippen LogP contribution in [0.3, 0.4) is 0 Å². The van der Waals surface area contributed by atoms with Crippen LogP contribution in [0.15, 0.2) is 96.8 Å². The van der Waals surface area contributed by atoms with Gasteiger partial charge in [-0.15, -0.1) is 0 Å². The minimum Gasteiger partial charge on any atom is -0.872 e. The number of methoxy groups -OCH3 is 1. The minimum atomic E-state index is -0.920. The summed E-state index contributed by atoms with van der Waals surface area (Å²) in [6.45, 7) is 4.66. The van der Waals surface area contributed by atoms with Gasteiger partial charge in [0.15, 0.2) is 23.9 Å². The first-order valence-electron chi connectivity index (χ1n) is 13.7. The van der Waals surface area contributed by atoms with Gasteiger partial charge in [-0.3, -0.25) is 9.59 Å². The lowest BCUT2D eigenvalue weighted by atomic mass is 9.94. The highest BCUT2D eigenvalue weighted by atomic mass is 16.5. The molecule has 8 nitrogen and oxygen atoms in total. The normalized spacial score (nSPS) is 16.0. The van der Waals surface area contributed by atoms with Gasteiger partial charge in [0.25, 0.3) is 5.91 Å². The number of ketones is 1. The molecule has 1 atom stereocenters. The Kier molecular flexibility index (Phi) is 8.52. The lowest BCUT2D eigenvalue weighted by molar-refractivity contribution is -0.378. The molecule has 42 heavy (non-hydrogen) atoms. The smallest absolute Gasteiger partial charge is 0.295 e. The molecule has 0 aliphatic carbocycles. The second-order valence-electron chi connectivity index (χ2n) is 9.92. The van der Waals surface area contributed by atoms with E-state index in [1.54, 1.807) is 48.8 Å². The summed E-state index contributed by atoms with van der Waals surface area (Å²) >= 11 is 0. The SMILES string of the molecule is CCOc1ccc(C2C(=C([O-])c3ccc(OCc4ccccc4)c(C)c3)C(=O)C(=O)N2Cc2ccc[nH+]c2)cc1OC. The van der Waals surface area contributed by atoms with Gasteiger partial charge in [0, 0.05) is 17.2 Å². The number of carbonyl (C=O) groups excluding carboxylic acids is 2. The third-order valence-corrected chi connectivity index (χ3v) is 7.13. The van der Waals surface area contributed by atoms with Gasteiger partial charge in [-0.25, -0.2) is 4.98 Å². The third kappa shape index (κ3) is 5.83. The Morgan fingerprint density at radius 3 is 2.36 bits per heavy atom. The van der Waals surface area contributed by atoms with E-state index in [1.165, 1.54) is 12.0 Å². The topological polar surface area (TPSA) is 102 Å². The van der Waals surface area contributed by atoms with Gasteiger partial charge in [-0.1, -0.05) is 48.2 Å². The Balaban J connectivity index is 1.55. The van der Waals surface area contributed by atoms with Gasteiger partial charge in [0.2, 0.25) is 5.78 Å². The summed E-state index contributed by atoms with van der Waals surface area (Å²) in [7, 11) is 1.52. The van der Waals surface area contributed by atoms with Crippen molar-refractivity contribution < 1.29 is 33.9 Å². The van der Waals surface area contributed by atoms with Gasteiger partial charge in [0.05, 0.1) is 26.3 Å². The Morgan fingerprint density at radius 2 is 1.67 bits per heavy atom. The number of aromatic amines is 1. The van der Waals surface area contributed by atoms with Crippen LogP contribution in [0.1, 0.15) is 40.8 Å². The largest absolute Gasteiger partial charge is 0.872 e. The fraction of sp³-hybridized carbons (Fsp3) is 0.206. The molecule has 5 rings (SSSR count). The monoisotopic (exact) mass is 564 g/mol. The Bertz CT molecular complexity index is 1620.